The Bertz CT molecular complexity index is 574. The van der Waals surface area contributed by atoms with Crippen molar-refractivity contribution in [3.8, 4) is 0 Å². The fraction of sp³-hybridized carbons (Fsp3) is 0.364. The maximum atomic E-state index is 13.7. The number of benzene rings is 1. The largest absolute Gasteiger partial charge is 0.478 e. The summed E-state index contributed by atoms with van der Waals surface area (Å²) in [5.74, 6) is -1.84. The number of sulfonamides is 1. The van der Waals surface area contributed by atoms with Gasteiger partial charge < -0.3 is 5.11 Å². The first-order valence-corrected chi connectivity index (χ1v) is 8.19. The van der Waals surface area contributed by atoms with Gasteiger partial charge in [0, 0.05) is 11.8 Å². The van der Waals surface area contributed by atoms with Gasteiger partial charge >= 0.3 is 5.97 Å². The quantitative estimate of drug-likeness (QED) is 0.833. The molecule has 0 radical (unpaired) electrons. The Morgan fingerprint density at radius 1 is 1.53 bits per heavy atom. The predicted octanol–water partition coefficient (Wildman–Crippen LogP) is 1.55. The van der Waals surface area contributed by atoms with Crippen LogP contribution in [0.25, 0.3) is 0 Å². The fourth-order valence-corrected chi connectivity index (χ4v) is 3.46. The number of hydrogen-bond donors (Lipinski definition) is 2. The first-order valence-electron chi connectivity index (χ1n) is 5.32. The Balaban J connectivity index is 3.05. The van der Waals surface area contributed by atoms with E-state index in [0.29, 0.717) is 11.8 Å². The second-order valence-electron chi connectivity index (χ2n) is 3.93. The molecule has 5 nitrogen and oxygen atoms in total. The molecule has 0 spiro atoms. The van der Waals surface area contributed by atoms with E-state index in [1.165, 1.54) is 11.8 Å². The molecule has 0 heterocycles. The van der Waals surface area contributed by atoms with Crippen molar-refractivity contribution in [3.05, 3.63) is 29.6 Å². The summed E-state index contributed by atoms with van der Waals surface area (Å²) in [5, 5.41) is 8.68. The van der Waals surface area contributed by atoms with E-state index in [1.54, 1.807) is 6.92 Å². The van der Waals surface area contributed by atoms with Crippen LogP contribution in [0, 0.1) is 5.82 Å². The highest BCUT2D eigenvalue weighted by molar-refractivity contribution is 7.98. The third-order valence-corrected chi connectivity index (χ3v) is 4.70. The second-order valence-corrected chi connectivity index (χ2v) is 6.52. The van der Waals surface area contributed by atoms with Gasteiger partial charge in [-0.2, -0.15) is 11.8 Å². The number of nitrogens with one attached hydrogen (secondary N) is 1. The van der Waals surface area contributed by atoms with E-state index in [2.05, 4.69) is 4.72 Å². The molecule has 19 heavy (non-hydrogen) atoms. The zero-order valence-electron chi connectivity index (χ0n) is 10.4. The third kappa shape index (κ3) is 4.19. The lowest BCUT2D eigenvalue weighted by molar-refractivity contribution is 0.0696. The molecule has 1 atom stereocenters. The molecule has 0 aliphatic rings. The molecule has 1 rings (SSSR count). The summed E-state index contributed by atoms with van der Waals surface area (Å²) >= 11 is 1.46. The van der Waals surface area contributed by atoms with Gasteiger partial charge in [0.15, 0.2) is 0 Å². The van der Waals surface area contributed by atoms with Crippen LogP contribution in [0.1, 0.15) is 17.3 Å². The van der Waals surface area contributed by atoms with Gasteiger partial charge in [-0.15, -0.1) is 0 Å². The fourth-order valence-electron chi connectivity index (χ4n) is 1.46. The van der Waals surface area contributed by atoms with E-state index >= 15 is 0 Å². The van der Waals surface area contributed by atoms with Crippen molar-refractivity contribution >= 4 is 27.8 Å². The summed E-state index contributed by atoms with van der Waals surface area (Å²) in [6, 6.07) is 2.35. The average molecular weight is 307 g/mol. The lowest BCUT2D eigenvalue weighted by atomic mass is 10.2. The molecule has 1 aromatic carbocycles. The minimum atomic E-state index is -3.99. The van der Waals surface area contributed by atoms with Crippen LogP contribution < -0.4 is 4.72 Å². The van der Waals surface area contributed by atoms with Crippen molar-refractivity contribution in [3.63, 3.8) is 0 Å². The molecule has 0 amide bonds. The van der Waals surface area contributed by atoms with Gasteiger partial charge in [0.25, 0.3) is 0 Å². The minimum Gasteiger partial charge on any atom is -0.478 e. The third-order valence-electron chi connectivity index (χ3n) is 2.24. The number of hydrogen-bond acceptors (Lipinski definition) is 4. The second kappa shape index (κ2) is 6.36. The standard InChI is InChI=1S/C11H14FNO4S2/c1-7(6-18-2)13-19(16,17)10-4-3-8(11(14)15)5-9(10)12/h3-5,7,13H,6H2,1-2H3,(H,14,15). The summed E-state index contributed by atoms with van der Waals surface area (Å²) in [7, 11) is -3.99. The molecular weight excluding hydrogens is 293 g/mol. The highest BCUT2D eigenvalue weighted by atomic mass is 32.2. The van der Waals surface area contributed by atoms with E-state index in [1.807, 2.05) is 6.26 Å². The van der Waals surface area contributed by atoms with Crippen LogP contribution in [0.2, 0.25) is 0 Å². The number of carboxylic acids is 1. The van der Waals surface area contributed by atoms with Crippen molar-refractivity contribution < 1.29 is 22.7 Å². The molecule has 8 heteroatoms. The zero-order chi connectivity index (χ0) is 14.6. The van der Waals surface area contributed by atoms with Crippen LogP contribution in [-0.4, -0.2) is 37.5 Å². The molecule has 1 unspecified atom stereocenters. The van der Waals surface area contributed by atoms with Crippen LogP contribution in [0.5, 0.6) is 0 Å². The van der Waals surface area contributed by atoms with Crippen LogP contribution in [0.4, 0.5) is 4.39 Å². The molecule has 0 aromatic heterocycles. The minimum absolute atomic E-state index is 0.298. The van der Waals surface area contributed by atoms with Crippen molar-refractivity contribution in [1.82, 2.24) is 4.72 Å². The van der Waals surface area contributed by atoms with E-state index in [0.717, 1.165) is 12.1 Å². The SMILES string of the molecule is CSCC(C)NS(=O)(=O)c1ccc(C(=O)O)cc1F. The smallest absolute Gasteiger partial charge is 0.335 e. The summed E-state index contributed by atoms with van der Waals surface area (Å²) < 4.78 is 39.8. The Morgan fingerprint density at radius 2 is 2.16 bits per heavy atom. The number of carbonyl (C=O) groups is 1. The molecule has 0 aliphatic carbocycles. The Labute approximate surface area is 115 Å². The Morgan fingerprint density at radius 3 is 2.63 bits per heavy atom. The monoisotopic (exact) mass is 307 g/mol. The van der Waals surface area contributed by atoms with Gasteiger partial charge in [-0.25, -0.2) is 22.3 Å². The van der Waals surface area contributed by atoms with E-state index in [4.69, 9.17) is 5.11 Å². The van der Waals surface area contributed by atoms with Gasteiger partial charge in [-0.1, -0.05) is 0 Å². The number of thioether (sulfide) groups is 1. The van der Waals surface area contributed by atoms with Gasteiger partial charge in [0.05, 0.1) is 5.56 Å². The molecule has 2 N–H and O–H groups in total. The lowest BCUT2D eigenvalue weighted by Gasteiger charge is -2.13. The molecule has 106 valence electrons. The molecular formula is C11H14FNO4S2. The summed E-state index contributed by atoms with van der Waals surface area (Å²) in [6.45, 7) is 1.66. The van der Waals surface area contributed by atoms with Gasteiger partial charge in [0.1, 0.15) is 10.7 Å². The topological polar surface area (TPSA) is 83.5 Å². The summed E-state index contributed by atoms with van der Waals surface area (Å²) in [6.07, 6.45) is 1.83. The summed E-state index contributed by atoms with van der Waals surface area (Å²) in [4.78, 5) is 10.1. The van der Waals surface area contributed by atoms with Gasteiger partial charge in [-0.05, 0) is 31.4 Å². The Kier molecular flexibility index (Phi) is 5.33. The van der Waals surface area contributed by atoms with Crippen LogP contribution in [-0.2, 0) is 10.0 Å². The lowest BCUT2D eigenvalue weighted by Crippen LogP contribution is -2.34. The highest BCUT2D eigenvalue weighted by Crippen LogP contribution is 2.17. The van der Waals surface area contributed by atoms with Gasteiger partial charge in [0.2, 0.25) is 10.0 Å². The van der Waals surface area contributed by atoms with E-state index in [-0.39, 0.29) is 11.6 Å². The maximum absolute atomic E-state index is 13.7. The number of carboxylic acid groups (broad SMARTS) is 1. The molecule has 0 saturated heterocycles. The number of halogens is 1. The van der Waals surface area contributed by atoms with Crippen LogP contribution in [0.15, 0.2) is 23.1 Å². The number of rotatable bonds is 6. The first-order chi connectivity index (χ1) is 8.77. The molecule has 0 bridgehead atoms. The Hall–Kier alpha value is -1.12. The zero-order valence-corrected chi connectivity index (χ0v) is 12.0. The maximum Gasteiger partial charge on any atom is 0.335 e. The molecule has 0 aliphatic heterocycles. The van der Waals surface area contributed by atoms with E-state index < -0.39 is 26.7 Å². The van der Waals surface area contributed by atoms with Crippen molar-refractivity contribution in [1.29, 1.82) is 0 Å². The highest BCUT2D eigenvalue weighted by Gasteiger charge is 2.22. The molecule has 0 saturated carbocycles. The number of aromatic carboxylic acids is 1. The van der Waals surface area contributed by atoms with Crippen LogP contribution >= 0.6 is 11.8 Å². The molecule has 1 aromatic rings. The van der Waals surface area contributed by atoms with Crippen LogP contribution in [0.3, 0.4) is 0 Å². The van der Waals surface area contributed by atoms with E-state index in [9.17, 15) is 17.6 Å². The first kappa shape index (κ1) is 15.9. The van der Waals surface area contributed by atoms with Crippen molar-refractivity contribution in [2.24, 2.45) is 0 Å². The molecule has 0 fully saturated rings. The normalized spacial score (nSPS) is 13.2. The average Bonchev–Trinajstić information content (AvgIpc) is 2.27. The van der Waals surface area contributed by atoms with Gasteiger partial charge in [-0.3, -0.25) is 0 Å². The van der Waals surface area contributed by atoms with Crippen molar-refractivity contribution in [2.45, 2.75) is 17.9 Å². The van der Waals surface area contributed by atoms with Crippen molar-refractivity contribution in [2.75, 3.05) is 12.0 Å². The predicted molar refractivity (Wildman–Crippen MR) is 71.5 cm³/mol. The summed E-state index contributed by atoms with van der Waals surface area (Å²) in [5.41, 5.74) is -0.298.